The zero-order chi connectivity index (χ0) is 45.6. The number of rotatable bonds is 10. The number of alkyl carbamates (subject to hydrolysis) is 2. The van der Waals surface area contributed by atoms with Gasteiger partial charge >= 0.3 is 12.2 Å². The van der Waals surface area contributed by atoms with Crippen LogP contribution in [0.15, 0.2) is 84.9 Å². The Labute approximate surface area is 388 Å². The Balaban J connectivity index is 0.904. The van der Waals surface area contributed by atoms with E-state index in [0.29, 0.717) is 71.6 Å². The third kappa shape index (κ3) is 7.83. The zero-order valence-corrected chi connectivity index (χ0v) is 37.4. The van der Waals surface area contributed by atoms with Gasteiger partial charge in [-0.1, -0.05) is 83.9 Å². The van der Waals surface area contributed by atoms with E-state index in [9.17, 15) is 19.2 Å². The number of ether oxygens (including phenoxy) is 4. The quantitative estimate of drug-likeness (QED) is 0.103. The van der Waals surface area contributed by atoms with Gasteiger partial charge in [0.25, 0.3) is 11.8 Å². The summed E-state index contributed by atoms with van der Waals surface area (Å²) in [6, 6.07) is 23.3. The number of amides is 4. The molecule has 18 heteroatoms. The second kappa shape index (κ2) is 17.7. The molecule has 4 aliphatic heterocycles. The maximum Gasteiger partial charge on any atom is 0.407 e. The molecule has 4 N–H and O–H groups in total. The van der Waals surface area contributed by atoms with Gasteiger partial charge < -0.3 is 49.3 Å². The molecule has 2 aromatic heterocycles. The molecule has 4 amide bonds. The fraction of sp³-hybridized carbons (Fsp3) is 0.292. The van der Waals surface area contributed by atoms with Gasteiger partial charge in [0.2, 0.25) is 0 Å². The van der Waals surface area contributed by atoms with E-state index in [1.807, 2.05) is 60.7 Å². The van der Waals surface area contributed by atoms with E-state index in [-0.39, 0.29) is 35.3 Å². The van der Waals surface area contributed by atoms with Crippen LogP contribution in [0.25, 0.3) is 33.6 Å². The lowest BCUT2D eigenvalue weighted by Gasteiger charge is -2.30. The number of hydrogen-bond donors (Lipinski definition) is 4. The van der Waals surface area contributed by atoms with Crippen LogP contribution in [0.4, 0.5) is 9.59 Å². The van der Waals surface area contributed by atoms with Crippen molar-refractivity contribution < 1.29 is 38.1 Å². The molecular formula is C48H44Cl2N8O8. The lowest BCUT2D eigenvalue weighted by molar-refractivity contribution is -0.135. The minimum Gasteiger partial charge on any atom is -0.488 e. The molecule has 0 spiro atoms. The van der Waals surface area contributed by atoms with Crippen molar-refractivity contribution in [3.05, 3.63) is 129 Å². The Bertz CT molecular complexity index is 2630. The van der Waals surface area contributed by atoms with Gasteiger partial charge in [-0.25, -0.2) is 19.6 Å². The summed E-state index contributed by atoms with van der Waals surface area (Å²) in [4.78, 5) is 72.6. The highest BCUT2D eigenvalue weighted by molar-refractivity contribution is 6.32. The number of aromatic amines is 2. The summed E-state index contributed by atoms with van der Waals surface area (Å²) < 4.78 is 22.6. The summed E-state index contributed by atoms with van der Waals surface area (Å²) in [6.45, 7) is 1.44. The van der Waals surface area contributed by atoms with Crippen molar-refractivity contribution >= 4 is 47.2 Å². The monoisotopic (exact) mass is 930 g/mol. The van der Waals surface area contributed by atoms with Gasteiger partial charge in [-0.2, -0.15) is 0 Å². The van der Waals surface area contributed by atoms with Crippen LogP contribution in [-0.4, -0.2) is 81.0 Å². The van der Waals surface area contributed by atoms with Crippen molar-refractivity contribution in [3.8, 4) is 45.1 Å². The van der Waals surface area contributed by atoms with Crippen LogP contribution in [0.1, 0.15) is 83.8 Å². The Morgan fingerprint density at radius 3 is 1.45 bits per heavy atom. The predicted octanol–water partition coefficient (Wildman–Crippen LogP) is 8.75. The molecule has 4 aromatic carbocycles. The number of carbonyl (C=O) groups is 4. The van der Waals surface area contributed by atoms with Gasteiger partial charge in [0.05, 0.1) is 37.7 Å². The molecular weight excluding hydrogens is 887 g/mol. The van der Waals surface area contributed by atoms with E-state index in [1.165, 1.54) is 14.2 Å². The molecule has 66 heavy (non-hydrogen) atoms. The molecule has 338 valence electrons. The number of carbonyl (C=O) groups excluding carboxylic acids is 4. The van der Waals surface area contributed by atoms with Crippen LogP contribution in [0.3, 0.4) is 0 Å². The molecule has 6 heterocycles. The molecule has 0 radical (unpaired) electrons. The first-order chi connectivity index (χ1) is 32.1. The number of hydrogen-bond acceptors (Lipinski definition) is 10. The lowest BCUT2D eigenvalue weighted by Crippen LogP contribution is -2.42. The van der Waals surface area contributed by atoms with Crippen molar-refractivity contribution in [2.75, 3.05) is 27.3 Å². The van der Waals surface area contributed by atoms with Crippen molar-refractivity contribution in [1.82, 2.24) is 40.4 Å². The second-order valence-electron chi connectivity index (χ2n) is 16.5. The van der Waals surface area contributed by atoms with E-state index in [4.69, 9.17) is 52.1 Å². The second-order valence-corrected chi connectivity index (χ2v) is 17.2. The summed E-state index contributed by atoms with van der Waals surface area (Å²) in [5.41, 5.74) is 7.56. The van der Waals surface area contributed by atoms with Gasteiger partial charge in [0, 0.05) is 46.5 Å². The first-order valence-electron chi connectivity index (χ1n) is 21.6. The molecule has 0 saturated carbocycles. The maximum absolute atomic E-state index is 14.1. The normalized spacial score (nSPS) is 17.8. The number of nitrogens with one attached hydrogen (secondary N) is 4. The average molecular weight is 932 g/mol. The molecule has 6 aromatic rings. The third-order valence-electron chi connectivity index (χ3n) is 12.7. The fourth-order valence-corrected chi connectivity index (χ4v) is 10.1. The minimum atomic E-state index is -0.953. The number of H-pyrrole nitrogens is 2. The smallest absolute Gasteiger partial charge is 0.407 e. The molecule has 2 fully saturated rings. The van der Waals surface area contributed by atoms with Gasteiger partial charge in [-0.3, -0.25) is 9.59 Å². The molecule has 0 unspecified atom stereocenters. The van der Waals surface area contributed by atoms with Crippen molar-refractivity contribution in [2.24, 2.45) is 0 Å². The zero-order valence-electron chi connectivity index (χ0n) is 35.9. The topological polar surface area (TPSA) is 193 Å². The van der Waals surface area contributed by atoms with Crippen LogP contribution in [0, 0.1) is 0 Å². The summed E-state index contributed by atoms with van der Waals surface area (Å²) in [5, 5.41) is 5.90. The number of aromatic nitrogens is 4. The van der Waals surface area contributed by atoms with E-state index < -0.39 is 36.4 Å². The van der Waals surface area contributed by atoms with E-state index in [0.717, 1.165) is 46.2 Å². The highest BCUT2D eigenvalue weighted by Crippen LogP contribution is 2.52. The Kier molecular flexibility index (Phi) is 11.5. The van der Waals surface area contributed by atoms with Gasteiger partial charge in [-0.15, -0.1) is 0 Å². The summed E-state index contributed by atoms with van der Waals surface area (Å²) >= 11 is 13.7. The number of halogens is 2. The first kappa shape index (κ1) is 42.9. The number of benzene rings is 4. The molecule has 0 aliphatic carbocycles. The fourth-order valence-electron chi connectivity index (χ4n) is 9.59. The van der Waals surface area contributed by atoms with Crippen molar-refractivity contribution in [3.63, 3.8) is 0 Å². The standard InChI is InChI=1S/C48H44Cl2N8O8/c1-63-47(61)53-39(25-11-5-3-6-12-25)45(59)57-17-9-15-31(57)43-51-37(41(49)55-43)27-19-29-23-66-34-22-28(20-30-24-65-33(21-27)35(29)36(30)34)38-42(50)56-44(52-38)32-16-10-18-58(32)46(60)40(54-48(62)64-2)26-13-7-4-8-14-26/h3-8,11-14,19-22,31-32,39-40H,9-10,15-18,23-24H2,1-2H3,(H,51,55)(H,52,56)(H,53,61)(H,54,62)/t31-,32-,39-,40-/m0/s1. The Morgan fingerprint density at radius 1 is 0.652 bits per heavy atom. The number of methoxy groups -OCH3 is 2. The Hall–Kier alpha value is -7.04. The van der Waals surface area contributed by atoms with Gasteiger partial charge in [0.15, 0.2) is 10.3 Å². The van der Waals surface area contributed by atoms with Gasteiger partial charge in [-0.05, 0) is 61.1 Å². The van der Waals surface area contributed by atoms with E-state index in [1.54, 1.807) is 34.1 Å². The maximum atomic E-state index is 14.1. The lowest BCUT2D eigenvalue weighted by atomic mass is 9.87. The van der Waals surface area contributed by atoms with Crippen LogP contribution >= 0.6 is 23.2 Å². The highest BCUT2D eigenvalue weighted by Gasteiger charge is 2.40. The molecule has 0 bridgehead atoms. The molecule has 16 nitrogen and oxygen atoms in total. The van der Waals surface area contributed by atoms with Gasteiger partial charge in [0.1, 0.15) is 48.4 Å². The molecule has 4 aliphatic rings. The van der Waals surface area contributed by atoms with E-state index in [2.05, 4.69) is 20.6 Å². The minimum absolute atomic E-state index is 0.246. The Morgan fingerprint density at radius 2 is 1.06 bits per heavy atom. The first-order valence-corrected chi connectivity index (χ1v) is 22.4. The van der Waals surface area contributed by atoms with Crippen LogP contribution in [0.2, 0.25) is 10.3 Å². The molecule has 4 atom stereocenters. The summed E-state index contributed by atoms with van der Waals surface area (Å²) in [6.07, 6.45) is 1.36. The van der Waals surface area contributed by atoms with Crippen LogP contribution in [0.5, 0.6) is 11.5 Å². The average Bonchev–Trinajstić information content (AvgIpc) is 4.18. The van der Waals surface area contributed by atoms with E-state index >= 15 is 0 Å². The highest BCUT2D eigenvalue weighted by atomic mass is 35.5. The van der Waals surface area contributed by atoms with Crippen LogP contribution in [-0.2, 0) is 32.3 Å². The molecule has 10 rings (SSSR count). The number of likely N-dealkylation sites (tertiary alicyclic amines) is 2. The van der Waals surface area contributed by atoms with Crippen molar-refractivity contribution in [2.45, 2.75) is 63.1 Å². The van der Waals surface area contributed by atoms with Crippen LogP contribution < -0.4 is 20.1 Å². The van der Waals surface area contributed by atoms with Crippen molar-refractivity contribution in [1.29, 1.82) is 0 Å². The summed E-state index contributed by atoms with van der Waals surface area (Å²) in [7, 11) is 2.52. The number of imidazole rings is 2. The SMILES string of the molecule is COC(=O)N[C@H](C(=O)N1CCC[C@H]1c1nc(Cl)c(-c2cc3c4c(c2)OCc2cc(-c5[nH]c([C@@H]6CCCN6C(=O)[C@@H](NC(=O)OC)c6ccccc6)nc5Cl)cc(c2-4)OC3)[nH]1)c1ccccc1. The molecule has 2 saturated heterocycles. The summed E-state index contributed by atoms with van der Waals surface area (Å²) in [5.74, 6) is 1.84. The number of nitrogens with zero attached hydrogens (tertiary/aromatic N) is 4. The predicted molar refractivity (Wildman–Crippen MR) is 243 cm³/mol. The third-order valence-corrected chi connectivity index (χ3v) is 13.2. The largest absolute Gasteiger partial charge is 0.488 e.